The molecule has 0 saturated heterocycles. The van der Waals surface area contributed by atoms with Gasteiger partial charge in [0, 0.05) is 17.3 Å². The van der Waals surface area contributed by atoms with Crippen LogP contribution < -0.4 is 0 Å². The molecule has 2 aromatic heterocycles. The molecule has 0 spiro atoms. The van der Waals surface area contributed by atoms with Crippen molar-refractivity contribution in [3.05, 3.63) is 30.1 Å². The van der Waals surface area contributed by atoms with Crippen LogP contribution >= 0.6 is 0 Å². The number of pyridine rings is 1. The zero-order valence-corrected chi connectivity index (χ0v) is 9.24. The maximum absolute atomic E-state index is 10.6. The molecule has 1 aliphatic rings. The number of aliphatic hydroxyl groups is 1. The van der Waals surface area contributed by atoms with Gasteiger partial charge in [0.15, 0.2) is 0 Å². The smallest absolute Gasteiger partial charge is 0.137 e. The molecule has 1 fully saturated rings. The SMILES string of the molecule is OC1(c2cc3cccnc3[nH]2)CCCCC1. The summed E-state index contributed by atoms with van der Waals surface area (Å²) in [5.74, 6) is 0. The van der Waals surface area contributed by atoms with Crippen molar-refractivity contribution in [2.45, 2.75) is 37.7 Å². The molecule has 0 aliphatic heterocycles. The molecule has 84 valence electrons. The van der Waals surface area contributed by atoms with E-state index in [4.69, 9.17) is 0 Å². The number of hydrogen-bond acceptors (Lipinski definition) is 2. The van der Waals surface area contributed by atoms with E-state index >= 15 is 0 Å². The van der Waals surface area contributed by atoms with Crippen LogP contribution in [0.2, 0.25) is 0 Å². The molecule has 3 rings (SSSR count). The van der Waals surface area contributed by atoms with Crippen LogP contribution in [0.4, 0.5) is 0 Å². The molecule has 0 unspecified atom stereocenters. The third-order valence-electron chi connectivity index (χ3n) is 3.57. The van der Waals surface area contributed by atoms with Crippen LogP contribution in [0, 0.1) is 0 Å². The zero-order valence-electron chi connectivity index (χ0n) is 9.24. The highest BCUT2D eigenvalue weighted by Crippen LogP contribution is 2.37. The van der Waals surface area contributed by atoms with Gasteiger partial charge in [-0.15, -0.1) is 0 Å². The molecule has 2 N–H and O–H groups in total. The van der Waals surface area contributed by atoms with Crippen molar-refractivity contribution >= 4 is 11.0 Å². The first-order valence-electron chi connectivity index (χ1n) is 5.95. The van der Waals surface area contributed by atoms with Crippen molar-refractivity contribution in [2.75, 3.05) is 0 Å². The second-order valence-electron chi connectivity index (χ2n) is 4.72. The van der Waals surface area contributed by atoms with Gasteiger partial charge in [0.25, 0.3) is 0 Å². The van der Waals surface area contributed by atoms with Crippen molar-refractivity contribution < 1.29 is 5.11 Å². The van der Waals surface area contributed by atoms with Gasteiger partial charge in [-0.1, -0.05) is 19.3 Å². The third kappa shape index (κ3) is 1.52. The molecule has 3 heteroatoms. The summed E-state index contributed by atoms with van der Waals surface area (Å²) in [4.78, 5) is 7.51. The van der Waals surface area contributed by atoms with Gasteiger partial charge in [-0.2, -0.15) is 0 Å². The van der Waals surface area contributed by atoms with Crippen LogP contribution in [0.1, 0.15) is 37.8 Å². The monoisotopic (exact) mass is 216 g/mol. The highest BCUT2D eigenvalue weighted by molar-refractivity contribution is 5.76. The quantitative estimate of drug-likeness (QED) is 0.770. The first-order valence-corrected chi connectivity index (χ1v) is 5.95. The van der Waals surface area contributed by atoms with E-state index in [0.717, 1.165) is 42.4 Å². The summed E-state index contributed by atoms with van der Waals surface area (Å²) in [6, 6.07) is 5.98. The lowest BCUT2D eigenvalue weighted by atomic mass is 9.82. The molecule has 0 atom stereocenters. The lowest BCUT2D eigenvalue weighted by molar-refractivity contribution is -0.00399. The minimum atomic E-state index is -0.654. The van der Waals surface area contributed by atoms with Gasteiger partial charge < -0.3 is 10.1 Å². The third-order valence-corrected chi connectivity index (χ3v) is 3.57. The Balaban J connectivity index is 2.04. The van der Waals surface area contributed by atoms with E-state index < -0.39 is 5.60 Å². The predicted molar refractivity (Wildman–Crippen MR) is 63.1 cm³/mol. The highest BCUT2D eigenvalue weighted by Gasteiger charge is 2.32. The molecule has 0 amide bonds. The van der Waals surface area contributed by atoms with Gasteiger partial charge in [-0.25, -0.2) is 4.98 Å². The summed E-state index contributed by atoms with van der Waals surface area (Å²) >= 11 is 0. The minimum Gasteiger partial charge on any atom is -0.384 e. The molecule has 0 bridgehead atoms. The van der Waals surface area contributed by atoms with Gasteiger partial charge in [-0.05, 0) is 31.0 Å². The van der Waals surface area contributed by atoms with Crippen LogP contribution in [0.5, 0.6) is 0 Å². The van der Waals surface area contributed by atoms with E-state index in [1.807, 2.05) is 18.2 Å². The average molecular weight is 216 g/mol. The number of H-pyrrole nitrogens is 1. The van der Waals surface area contributed by atoms with E-state index in [0.29, 0.717) is 0 Å². The van der Waals surface area contributed by atoms with E-state index in [2.05, 4.69) is 9.97 Å². The van der Waals surface area contributed by atoms with Crippen molar-refractivity contribution in [2.24, 2.45) is 0 Å². The van der Waals surface area contributed by atoms with E-state index in [1.165, 1.54) is 6.42 Å². The number of hydrogen-bond donors (Lipinski definition) is 2. The maximum Gasteiger partial charge on any atom is 0.137 e. The van der Waals surface area contributed by atoms with Crippen molar-refractivity contribution in [1.29, 1.82) is 0 Å². The van der Waals surface area contributed by atoms with Gasteiger partial charge in [0.05, 0.1) is 0 Å². The summed E-state index contributed by atoms with van der Waals surface area (Å²) in [5, 5.41) is 11.7. The summed E-state index contributed by atoms with van der Waals surface area (Å²) < 4.78 is 0. The molecule has 3 nitrogen and oxygen atoms in total. The van der Waals surface area contributed by atoms with Crippen molar-refractivity contribution in [3.8, 4) is 0 Å². The molecule has 0 radical (unpaired) electrons. The van der Waals surface area contributed by atoms with E-state index in [1.54, 1.807) is 6.20 Å². The second-order valence-corrected chi connectivity index (χ2v) is 4.72. The summed E-state index contributed by atoms with van der Waals surface area (Å²) in [7, 11) is 0. The predicted octanol–water partition coefficient (Wildman–Crippen LogP) is 2.71. The van der Waals surface area contributed by atoms with Gasteiger partial charge in [0.2, 0.25) is 0 Å². The summed E-state index contributed by atoms with van der Waals surface area (Å²) in [6.45, 7) is 0. The van der Waals surface area contributed by atoms with Gasteiger partial charge >= 0.3 is 0 Å². The Morgan fingerprint density at radius 2 is 2.06 bits per heavy atom. The van der Waals surface area contributed by atoms with Crippen LogP contribution in [0.25, 0.3) is 11.0 Å². The van der Waals surface area contributed by atoms with E-state index in [9.17, 15) is 5.11 Å². The Bertz CT molecular complexity index is 464. The number of nitrogens with one attached hydrogen (secondary N) is 1. The fourth-order valence-electron chi connectivity index (χ4n) is 2.61. The summed E-state index contributed by atoms with van der Waals surface area (Å²) in [5.41, 5.74) is 1.15. The lowest BCUT2D eigenvalue weighted by Crippen LogP contribution is -2.28. The Morgan fingerprint density at radius 3 is 2.81 bits per heavy atom. The van der Waals surface area contributed by atoms with Crippen LogP contribution in [0.3, 0.4) is 0 Å². The Labute approximate surface area is 94.5 Å². The lowest BCUT2D eigenvalue weighted by Gasteiger charge is -2.31. The Kier molecular flexibility index (Phi) is 2.21. The topological polar surface area (TPSA) is 48.9 Å². The molecule has 2 aromatic rings. The normalized spacial score (nSPS) is 20.1. The zero-order chi connectivity index (χ0) is 11.0. The Hall–Kier alpha value is -1.35. The first kappa shape index (κ1) is 9.85. The fraction of sp³-hybridized carbons (Fsp3) is 0.462. The van der Waals surface area contributed by atoms with E-state index in [-0.39, 0.29) is 0 Å². The highest BCUT2D eigenvalue weighted by atomic mass is 16.3. The molecule has 0 aromatic carbocycles. The van der Waals surface area contributed by atoms with Gasteiger partial charge in [-0.3, -0.25) is 0 Å². The molecule has 1 aliphatic carbocycles. The number of aromatic amines is 1. The molecular formula is C13H16N2O. The maximum atomic E-state index is 10.6. The van der Waals surface area contributed by atoms with Crippen LogP contribution in [-0.4, -0.2) is 15.1 Å². The fourth-order valence-corrected chi connectivity index (χ4v) is 2.61. The Morgan fingerprint density at radius 1 is 1.25 bits per heavy atom. The number of nitrogens with zero attached hydrogens (tertiary/aromatic N) is 1. The van der Waals surface area contributed by atoms with Crippen LogP contribution in [-0.2, 0) is 5.60 Å². The first-order chi connectivity index (χ1) is 7.78. The summed E-state index contributed by atoms with van der Waals surface area (Å²) in [6.07, 6.45) is 6.95. The molecular weight excluding hydrogens is 200 g/mol. The number of aromatic nitrogens is 2. The molecule has 2 heterocycles. The second kappa shape index (κ2) is 3.59. The van der Waals surface area contributed by atoms with Crippen molar-refractivity contribution in [3.63, 3.8) is 0 Å². The largest absolute Gasteiger partial charge is 0.384 e. The molecule has 16 heavy (non-hydrogen) atoms. The standard InChI is InChI=1S/C13H16N2O/c16-13(6-2-1-3-7-13)11-9-10-5-4-8-14-12(10)15-11/h4-5,8-9,16H,1-3,6-7H2,(H,14,15). The van der Waals surface area contributed by atoms with Crippen LogP contribution in [0.15, 0.2) is 24.4 Å². The average Bonchev–Trinajstić information content (AvgIpc) is 2.74. The minimum absolute atomic E-state index is 0.654. The van der Waals surface area contributed by atoms with Crippen molar-refractivity contribution in [1.82, 2.24) is 9.97 Å². The number of fused-ring (bicyclic) bond motifs is 1. The number of rotatable bonds is 1. The van der Waals surface area contributed by atoms with Gasteiger partial charge in [0.1, 0.15) is 11.2 Å². The molecule has 1 saturated carbocycles.